The summed E-state index contributed by atoms with van der Waals surface area (Å²) in [6.45, 7) is 0. The fourth-order valence-electron chi connectivity index (χ4n) is 2.23. The maximum Gasteiger partial charge on any atom is 0.345 e. The Hall–Kier alpha value is -3.15. The molecule has 4 rings (SSSR count). The van der Waals surface area contributed by atoms with Crippen molar-refractivity contribution in [3.05, 3.63) is 54.4 Å². The van der Waals surface area contributed by atoms with E-state index in [9.17, 15) is 4.79 Å². The largest absolute Gasteiger partial charge is 0.402 e. The lowest BCUT2D eigenvalue weighted by molar-refractivity contribution is 0.0730. The second-order valence-electron chi connectivity index (χ2n) is 4.60. The molecule has 6 nitrogen and oxygen atoms in total. The van der Waals surface area contributed by atoms with Crippen LogP contribution in [0.4, 0.5) is 0 Å². The molecule has 0 fully saturated rings. The van der Waals surface area contributed by atoms with Crippen molar-refractivity contribution in [2.75, 3.05) is 0 Å². The van der Waals surface area contributed by atoms with Crippen molar-refractivity contribution in [1.29, 1.82) is 0 Å². The number of nitrogens with one attached hydrogen (secondary N) is 2. The fourth-order valence-corrected chi connectivity index (χ4v) is 2.23. The second-order valence-corrected chi connectivity index (χ2v) is 4.60. The lowest BCUT2D eigenvalue weighted by Crippen LogP contribution is -2.08. The topological polar surface area (TPSA) is 83.7 Å². The zero-order valence-electron chi connectivity index (χ0n) is 10.8. The van der Waals surface area contributed by atoms with Crippen LogP contribution in [0.15, 0.2) is 48.8 Å². The SMILES string of the molecule is O=C(Oc1n[nH]c2ccccc12)c1ccc2nc[nH]c2c1. The lowest BCUT2D eigenvalue weighted by Gasteiger charge is -2.01. The number of para-hydroxylation sites is 1. The van der Waals surface area contributed by atoms with Gasteiger partial charge in [0.25, 0.3) is 0 Å². The number of hydrogen-bond acceptors (Lipinski definition) is 4. The standard InChI is InChI=1S/C15H10N4O2/c20-15(9-5-6-12-13(7-9)17-8-16-12)21-14-10-3-1-2-4-11(10)18-19-14/h1-8H,(H,16,17)(H,18,19). The van der Waals surface area contributed by atoms with Crippen LogP contribution in [0.5, 0.6) is 5.88 Å². The average Bonchev–Trinajstić information content (AvgIpc) is 3.13. The van der Waals surface area contributed by atoms with Crippen molar-refractivity contribution in [2.24, 2.45) is 0 Å². The number of carbonyl (C=O) groups is 1. The highest BCUT2D eigenvalue weighted by Gasteiger charge is 2.14. The van der Waals surface area contributed by atoms with E-state index in [0.29, 0.717) is 5.56 Å². The van der Waals surface area contributed by atoms with Crippen LogP contribution < -0.4 is 4.74 Å². The molecule has 0 atom stereocenters. The van der Waals surface area contributed by atoms with Crippen LogP contribution in [-0.2, 0) is 0 Å². The molecule has 0 spiro atoms. The Morgan fingerprint density at radius 2 is 2.00 bits per heavy atom. The molecule has 0 aliphatic rings. The zero-order valence-corrected chi connectivity index (χ0v) is 10.8. The Morgan fingerprint density at radius 3 is 2.95 bits per heavy atom. The van der Waals surface area contributed by atoms with Gasteiger partial charge in [-0.05, 0) is 30.3 Å². The van der Waals surface area contributed by atoms with Crippen LogP contribution in [0.25, 0.3) is 21.9 Å². The van der Waals surface area contributed by atoms with Gasteiger partial charge in [-0.25, -0.2) is 9.78 Å². The normalized spacial score (nSPS) is 11.0. The van der Waals surface area contributed by atoms with Crippen LogP contribution in [-0.4, -0.2) is 26.1 Å². The molecule has 2 aromatic carbocycles. The summed E-state index contributed by atoms with van der Waals surface area (Å²) in [7, 11) is 0. The molecule has 0 saturated heterocycles. The third-order valence-corrected chi connectivity index (χ3v) is 3.28. The number of rotatable bonds is 2. The van der Waals surface area contributed by atoms with Crippen molar-refractivity contribution < 1.29 is 9.53 Å². The molecular formula is C15H10N4O2. The molecule has 0 bridgehead atoms. The summed E-state index contributed by atoms with van der Waals surface area (Å²) in [5.41, 5.74) is 2.86. The number of esters is 1. The summed E-state index contributed by atoms with van der Waals surface area (Å²) in [6, 6.07) is 12.6. The molecule has 0 amide bonds. The van der Waals surface area contributed by atoms with E-state index in [1.165, 1.54) is 0 Å². The van der Waals surface area contributed by atoms with Crippen molar-refractivity contribution >= 4 is 27.9 Å². The first-order valence-corrected chi connectivity index (χ1v) is 6.40. The van der Waals surface area contributed by atoms with E-state index in [1.54, 1.807) is 24.5 Å². The Morgan fingerprint density at radius 1 is 1.10 bits per heavy atom. The zero-order chi connectivity index (χ0) is 14.2. The van der Waals surface area contributed by atoms with Gasteiger partial charge in [-0.15, -0.1) is 5.10 Å². The Bertz CT molecular complexity index is 954. The molecule has 0 aliphatic carbocycles. The van der Waals surface area contributed by atoms with E-state index in [-0.39, 0.29) is 5.88 Å². The van der Waals surface area contributed by atoms with Gasteiger partial charge >= 0.3 is 5.97 Å². The number of aromatic nitrogens is 4. The highest BCUT2D eigenvalue weighted by Crippen LogP contribution is 2.23. The molecule has 21 heavy (non-hydrogen) atoms. The first-order valence-electron chi connectivity index (χ1n) is 6.40. The number of fused-ring (bicyclic) bond motifs is 2. The van der Waals surface area contributed by atoms with E-state index >= 15 is 0 Å². The number of H-pyrrole nitrogens is 2. The molecule has 6 heteroatoms. The maximum absolute atomic E-state index is 12.2. The minimum Gasteiger partial charge on any atom is -0.402 e. The number of nitrogens with zero attached hydrogens (tertiary/aromatic N) is 2. The van der Waals surface area contributed by atoms with Gasteiger partial charge < -0.3 is 9.72 Å². The monoisotopic (exact) mass is 278 g/mol. The summed E-state index contributed by atoms with van der Waals surface area (Å²) in [5, 5.41) is 7.62. The van der Waals surface area contributed by atoms with E-state index in [2.05, 4.69) is 20.2 Å². The fraction of sp³-hybridized carbons (Fsp3) is 0. The average molecular weight is 278 g/mol. The Kier molecular flexibility index (Phi) is 2.47. The van der Waals surface area contributed by atoms with Gasteiger partial charge in [0, 0.05) is 0 Å². The molecule has 0 radical (unpaired) electrons. The van der Waals surface area contributed by atoms with Gasteiger partial charge in [-0.1, -0.05) is 12.1 Å². The van der Waals surface area contributed by atoms with Gasteiger partial charge in [0.2, 0.25) is 5.88 Å². The first-order chi connectivity index (χ1) is 10.3. The van der Waals surface area contributed by atoms with Crippen LogP contribution in [0.1, 0.15) is 10.4 Å². The smallest absolute Gasteiger partial charge is 0.345 e. The minimum absolute atomic E-state index is 0.278. The van der Waals surface area contributed by atoms with Crippen LogP contribution in [0, 0.1) is 0 Å². The van der Waals surface area contributed by atoms with Gasteiger partial charge in [-0.2, -0.15) is 0 Å². The third kappa shape index (κ3) is 1.93. The molecule has 0 aliphatic heterocycles. The highest BCUT2D eigenvalue weighted by molar-refractivity contribution is 5.96. The van der Waals surface area contributed by atoms with Crippen molar-refractivity contribution in [3.8, 4) is 5.88 Å². The van der Waals surface area contributed by atoms with Crippen LogP contribution >= 0.6 is 0 Å². The molecule has 102 valence electrons. The van der Waals surface area contributed by atoms with Crippen LogP contribution in [0.3, 0.4) is 0 Å². The van der Waals surface area contributed by atoms with Gasteiger partial charge in [0.15, 0.2) is 0 Å². The number of hydrogen-bond donors (Lipinski definition) is 2. The van der Waals surface area contributed by atoms with E-state index in [4.69, 9.17) is 4.74 Å². The number of benzene rings is 2. The molecule has 2 aromatic heterocycles. The molecule has 2 heterocycles. The van der Waals surface area contributed by atoms with Crippen molar-refractivity contribution in [2.45, 2.75) is 0 Å². The predicted octanol–water partition coefficient (Wildman–Crippen LogP) is 2.66. The molecular weight excluding hydrogens is 268 g/mol. The predicted molar refractivity (Wildman–Crippen MR) is 77.1 cm³/mol. The number of imidazole rings is 1. The quantitative estimate of drug-likeness (QED) is 0.552. The summed E-state index contributed by atoms with van der Waals surface area (Å²) >= 11 is 0. The van der Waals surface area contributed by atoms with E-state index in [1.807, 2.05) is 24.3 Å². The van der Waals surface area contributed by atoms with E-state index in [0.717, 1.165) is 21.9 Å². The molecule has 2 N–H and O–H groups in total. The van der Waals surface area contributed by atoms with Gasteiger partial charge in [-0.3, -0.25) is 5.10 Å². The minimum atomic E-state index is -0.455. The van der Waals surface area contributed by atoms with Crippen molar-refractivity contribution in [3.63, 3.8) is 0 Å². The summed E-state index contributed by atoms with van der Waals surface area (Å²) in [4.78, 5) is 19.3. The summed E-state index contributed by atoms with van der Waals surface area (Å²) in [6.07, 6.45) is 1.58. The lowest BCUT2D eigenvalue weighted by atomic mass is 10.2. The summed E-state index contributed by atoms with van der Waals surface area (Å²) in [5.74, 6) is -0.177. The van der Waals surface area contributed by atoms with E-state index < -0.39 is 5.97 Å². The molecule has 0 unspecified atom stereocenters. The van der Waals surface area contributed by atoms with Gasteiger partial charge in [0.05, 0.1) is 33.8 Å². The van der Waals surface area contributed by atoms with Crippen molar-refractivity contribution in [1.82, 2.24) is 20.2 Å². The van der Waals surface area contributed by atoms with Crippen LogP contribution in [0.2, 0.25) is 0 Å². The summed E-state index contributed by atoms with van der Waals surface area (Å²) < 4.78 is 5.36. The number of aromatic amines is 2. The number of carbonyl (C=O) groups excluding carboxylic acids is 1. The number of ether oxygens (including phenoxy) is 1. The maximum atomic E-state index is 12.2. The molecule has 0 saturated carbocycles. The Balaban J connectivity index is 1.68. The first kappa shape index (κ1) is 11.7. The Labute approximate surface area is 118 Å². The molecule has 4 aromatic rings. The highest BCUT2D eigenvalue weighted by atomic mass is 16.5. The van der Waals surface area contributed by atoms with Gasteiger partial charge in [0.1, 0.15) is 0 Å². The third-order valence-electron chi connectivity index (χ3n) is 3.28. The second kappa shape index (κ2) is 4.45.